The van der Waals surface area contributed by atoms with Crippen LogP contribution in [-0.4, -0.2) is 97.6 Å². The van der Waals surface area contributed by atoms with Crippen LogP contribution in [0.1, 0.15) is 48.2 Å². The number of aromatic nitrogens is 3. The van der Waals surface area contributed by atoms with Crippen molar-refractivity contribution < 1.29 is 9.47 Å². The predicted octanol–water partition coefficient (Wildman–Crippen LogP) is 1.52. The molecule has 1 saturated carbocycles. The van der Waals surface area contributed by atoms with Gasteiger partial charge in [0.15, 0.2) is 16.8 Å². The Labute approximate surface area is 238 Å². The summed E-state index contributed by atoms with van der Waals surface area (Å²) in [5, 5.41) is 14.8. The minimum Gasteiger partial charge on any atom is -0.463 e. The van der Waals surface area contributed by atoms with Gasteiger partial charge in [0.1, 0.15) is 11.6 Å². The second-order valence-electron chi connectivity index (χ2n) is 12.8. The van der Waals surface area contributed by atoms with Crippen molar-refractivity contribution in [2.24, 2.45) is 5.41 Å². The lowest BCUT2D eigenvalue weighted by Crippen LogP contribution is -2.59. The minimum absolute atomic E-state index is 0.00664. The number of piperazine rings is 1. The molecule has 0 amide bonds. The zero-order chi connectivity index (χ0) is 26.9. The van der Waals surface area contributed by atoms with Gasteiger partial charge in [-0.1, -0.05) is 0 Å². The lowest BCUT2D eigenvalue weighted by Gasteiger charge is -2.48. The maximum Gasteiger partial charge on any atom is 0.320 e. The summed E-state index contributed by atoms with van der Waals surface area (Å²) < 4.78 is 12.0. The van der Waals surface area contributed by atoms with Gasteiger partial charge in [0.05, 0.1) is 25.5 Å². The van der Waals surface area contributed by atoms with E-state index in [1.54, 1.807) is 11.3 Å². The number of nitriles is 1. The predicted molar refractivity (Wildman–Crippen MR) is 152 cm³/mol. The van der Waals surface area contributed by atoms with E-state index in [4.69, 9.17) is 30.2 Å². The fourth-order valence-electron chi connectivity index (χ4n) is 7.55. The summed E-state index contributed by atoms with van der Waals surface area (Å²) in [7, 11) is 0. The van der Waals surface area contributed by atoms with Crippen LogP contribution in [0.25, 0.3) is 0 Å². The smallest absolute Gasteiger partial charge is 0.320 e. The molecular formula is C28H37N9O2S. The molecule has 12 heteroatoms. The monoisotopic (exact) mass is 563 g/mol. The van der Waals surface area contributed by atoms with Crippen molar-refractivity contribution in [1.82, 2.24) is 25.2 Å². The standard InChI is InChI=1S/C28H37N9O2S/c29-11-20-23(36-12-18-1-2-19(13-36)31-18)33-26(39-17-27(5-6-27)14-35-7-9-38-10-8-35)34-24(20)37-15-28(16-37)4-3-21-22(28)32-25(30)40-21/h18-19,31H,1-10,12-17H2,(H2,30,32)/t18-,19+. The highest BCUT2D eigenvalue weighted by molar-refractivity contribution is 7.15. The van der Waals surface area contributed by atoms with Gasteiger partial charge in [0, 0.05) is 73.6 Å². The number of aryl methyl sites for hydroxylation is 1. The van der Waals surface area contributed by atoms with Gasteiger partial charge in [-0.2, -0.15) is 15.2 Å². The SMILES string of the molecule is N#Cc1c(N2C[C@H]3CC[C@@H](C2)N3)nc(OCC2(CN3CCOCC3)CC2)nc1N1CC2(CCc3sc(N)nc32)C1. The average molecular weight is 564 g/mol. The molecular weight excluding hydrogens is 526 g/mol. The molecule has 0 aromatic carbocycles. The Morgan fingerprint density at radius 3 is 2.48 bits per heavy atom. The number of thiazole rings is 1. The third-order valence-corrected chi connectivity index (χ3v) is 10.9. The Bertz CT molecular complexity index is 1330. The molecule has 0 unspecified atom stereocenters. The van der Waals surface area contributed by atoms with Crippen LogP contribution < -0.4 is 25.6 Å². The van der Waals surface area contributed by atoms with E-state index >= 15 is 0 Å². The quantitative estimate of drug-likeness (QED) is 0.509. The van der Waals surface area contributed by atoms with E-state index in [1.165, 1.54) is 17.7 Å². The number of fused-ring (bicyclic) bond motifs is 4. The number of rotatable bonds is 7. The van der Waals surface area contributed by atoms with E-state index in [-0.39, 0.29) is 10.8 Å². The number of nitrogens with two attached hydrogens (primary N) is 1. The molecule has 2 atom stereocenters. The first kappa shape index (κ1) is 25.0. The molecule has 1 spiro atoms. The Morgan fingerprint density at radius 1 is 1.05 bits per heavy atom. The van der Waals surface area contributed by atoms with E-state index in [9.17, 15) is 5.26 Å². The fourth-order valence-corrected chi connectivity index (χ4v) is 8.51. The van der Waals surface area contributed by atoms with Crippen molar-refractivity contribution >= 4 is 28.1 Å². The highest BCUT2D eigenvalue weighted by atomic mass is 32.1. The van der Waals surface area contributed by atoms with E-state index < -0.39 is 0 Å². The fraction of sp³-hybridized carbons (Fsp3) is 0.714. The van der Waals surface area contributed by atoms with Crippen LogP contribution in [0.15, 0.2) is 0 Å². The van der Waals surface area contributed by atoms with E-state index in [0.29, 0.717) is 41.2 Å². The molecule has 212 valence electrons. The van der Waals surface area contributed by atoms with Crippen LogP contribution in [0.5, 0.6) is 6.01 Å². The van der Waals surface area contributed by atoms with Gasteiger partial charge in [-0.25, -0.2) is 4.98 Å². The third-order valence-electron chi connectivity index (χ3n) is 9.94. The molecule has 2 aliphatic carbocycles. The summed E-state index contributed by atoms with van der Waals surface area (Å²) in [5.41, 5.74) is 7.95. The number of nitrogens with zero attached hydrogens (tertiary/aromatic N) is 7. The van der Waals surface area contributed by atoms with Gasteiger partial charge in [-0.15, -0.1) is 11.3 Å². The molecule has 2 aromatic heterocycles. The first-order chi connectivity index (χ1) is 19.5. The van der Waals surface area contributed by atoms with E-state index in [0.717, 1.165) is 96.2 Å². The van der Waals surface area contributed by atoms with Gasteiger partial charge in [-0.3, -0.25) is 4.90 Å². The Balaban J connectivity index is 1.07. The highest BCUT2D eigenvalue weighted by Crippen LogP contribution is 2.50. The number of ether oxygens (including phenoxy) is 2. The normalized spacial score (nSPS) is 27.9. The van der Waals surface area contributed by atoms with Crippen LogP contribution in [0.3, 0.4) is 0 Å². The van der Waals surface area contributed by atoms with Gasteiger partial charge in [0.25, 0.3) is 0 Å². The second-order valence-corrected chi connectivity index (χ2v) is 13.9. The lowest BCUT2D eigenvalue weighted by atomic mass is 9.77. The molecule has 11 nitrogen and oxygen atoms in total. The molecule has 3 N–H and O–H groups in total. The molecule has 40 heavy (non-hydrogen) atoms. The molecule has 0 radical (unpaired) electrons. The number of nitrogen functional groups attached to an aromatic ring is 1. The van der Waals surface area contributed by atoms with Crippen molar-refractivity contribution in [2.75, 3.05) is 81.2 Å². The molecule has 5 fully saturated rings. The van der Waals surface area contributed by atoms with Gasteiger partial charge in [0.2, 0.25) is 0 Å². The van der Waals surface area contributed by atoms with Crippen LogP contribution in [0.2, 0.25) is 0 Å². The third kappa shape index (κ3) is 4.29. The summed E-state index contributed by atoms with van der Waals surface area (Å²) in [4.78, 5) is 22.9. The topological polar surface area (TPSA) is 129 Å². The first-order valence-corrected chi connectivity index (χ1v) is 15.6. The zero-order valence-electron chi connectivity index (χ0n) is 22.9. The van der Waals surface area contributed by atoms with Crippen LogP contribution >= 0.6 is 11.3 Å². The van der Waals surface area contributed by atoms with E-state index in [1.807, 2.05) is 0 Å². The number of hydrogen-bond donors (Lipinski definition) is 2. The number of hydrogen-bond acceptors (Lipinski definition) is 12. The van der Waals surface area contributed by atoms with Crippen molar-refractivity contribution in [3.63, 3.8) is 0 Å². The lowest BCUT2D eigenvalue weighted by molar-refractivity contribution is 0.0231. The summed E-state index contributed by atoms with van der Waals surface area (Å²) in [6.07, 6.45) is 6.77. The molecule has 4 aliphatic heterocycles. The van der Waals surface area contributed by atoms with Crippen molar-refractivity contribution in [1.29, 1.82) is 5.26 Å². The Kier molecular flexibility index (Phi) is 5.89. The summed E-state index contributed by atoms with van der Waals surface area (Å²) >= 11 is 1.62. The van der Waals surface area contributed by atoms with Crippen LogP contribution in [0.4, 0.5) is 16.8 Å². The number of nitrogens with one attached hydrogen (secondary N) is 1. The Hall–Kier alpha value is -2.72. The maximum absolute atomic E-state index is 10.4. The second kappa shape index (κ2) is 9.41. The molecule has 2 aromatic rings. The highest BCUT2D eigenvalue weighted by Gasteiger charge is 2.52. The average Bonchev–Trinajstić information content (AvgIpc) is 3.27. The maximum atomic E-state index is 10.4. The molecule has 8 rings (SSSR count). The zero-order valence-corrected chi connectivity index (χ0v) is 23.7. The number of morpholine rings is 1. The largest absolute Gasteiger partial charge is 0.463 e. The first-order valence-electron chi connectivity index (χ1n) is 14.8. The number of anilines is 3. The molecule has 6 heterocycles. The summed E-state index contributed by atoms with van der Waals surface area (Å²) in [6.45, 7) is 8.51. The van der Waals surface area contributed by atoms with Crippen molar-refractivity contribution in [3.05, 3.63) is 16.1 Å². The molecule has 4 saturated heterocycles. The van der Waals surface area contributed by atoms with Gasteiger partial charge in [-0.05, 0) is 38.5 Å². The van der Waals surface area contributed by atoms with Gasteiger partial charge < -0.3 is 30.3 Å². The summed E-state index contributed by atoms with van der Waals surface area (Å²) in [5.74, 6) is 1.43. The van der Waals surface area contributed by atoms with Crippen molar-refractivity contribution in [3.8, 4) is 12.1 Å². The van der Waals surface area contributed by atoms with Crippen molar-refractivity contribution in [2.45, 2.75) is 56.0 Å². The minimum atomic E-state index is 0.00664. The Morgan fingerprint density at radius 2 is 1.77 bits per heavy atom. The van der Waals surface area contributed by atoms with Crippen LogP contribution in [-0.2, 0) is 16.6 Å². The molecule has 6 aliphatic rings. The summed E-state index contributed by atoms with van der Waals surface area (Å²) in [6, 6.07) is 3.77. The van der Waals surface area contributed by atoms with Gasteiger partial charge >= 0.3 is 6.01 Å². The van der Waals surface area contributed by atoms with E-state index in [2.05, 4.69) is 26.1 Å². The van der Waals surface area contributed by atoms with Crippen LogP contribution in [0, 0.1) is 16.7 Å². The molecule has 2 bridgehead atoms.